The van der Waals surface area contributed by atoms with Gasteiger partial charge in [-0.25, -0.2) is 13.1 Å². The van der Waals surface area contributed by atoms with Gasteiger partial charge in [0.2, 0.25) is 15.9 Å². The van der Waals surface area contributed by atoms with E-state index in [0.29, 0.717) is 39.3 Å². The second-order valence-electron chi connectivity index (χ2n) is 6.06. The van der Waals surface area contributed by atoms with E-state index in [1.54, 1.807) is 23.1 Å². The van der Waals surface area contributed by atoms with Crippen LogP contribution in [-0.4, -0.2) is 65.2 Å². The zero-order chi connectivity index (χ0) is 17.2. The molecule has 1 N–H and O–H groups in total. The van der Waals surface area contributed by atoms with Gasteiger partial charge in [-0.3, -0.25) is 9.69 Å². The highest BCUT2D eigenvalue weighted by Crippen LogP contribution is 2.30. The number of nitrogens with zero attached hydrogens (tertiary/aromatic N) is 2. The summed E-state index contributed by atoms with van der Waals surface area (Å²) in [5.41, 5.74) is 1.72. The van der Waals surface area contributed by atoms with Gasteiger partial charge in [0.05, 0.1) is 18.1 Å². The van der Waals surface area contributed by atoms with Crippen LogP contribution in [0.1, 0.15) is 12.5 Å². The Balaban J connectivity index is 1.63. The number of rotatable bonds is 5. The van der Waals surface area contributed by atoms with E-state index in [-0.39, 0.29) is 10.8 Å². The largest absolute Gasteiger partial charge is 0.379 e. The van der Waals surface area contributed by atoms with Gasteiger partial charge >= 0.3 is 0 Å². The van der Waals surface area contributed by atoms with Gasteiger partial charge < -0.3 is 9.64 Å². The van der Waals surface area contributed by atoms with Crippen LogP contribution in [0.25, 0.3) is 0 Å². The van der Waals surface area contributed by atoms with Crippen LogP contribution in [0.15, 0.2) is 23.1 Å². The Labute approximate surface area is 142 Å². The Kier molecular flexibility index (Phi) is 5.19. The van der Waals surface area contributed by atoms with Crippen LogP contribution in [0.5, 0.6) is 0 Å². The molecule has 7 nitrogen and oxygen atoms in total. The zero-order valence-corrected chi connectivity index (χ0v) is 14.6. The lowest BCUT2D eigenvalue weighted by Crippen LogP contribution is -2.41. The van der Waals surface area contributed by atoms with Crippen molar-refractivity contribution in [2.45, 2.75) is 18.2 Å². The Morgan fingerprint density at radius 1 is 1.25 bits per heavy atom. The number of ether oxygens (including phenoxy) is 1. The molecule has 1 saturated heterocycles. The molecule has 24 heavy (non-hydrogen) atoms. The SMILES string of the molecule is CC(=O)N1CCc2cc(S(=O)(=O)NCCN3CCOCC3)ccc21. The normalized spacial score (nSPS) is 18.6. The van der Waals surface area contributed by atoms with E-state index in [4.69, 9.17) is 4.74 Å². The van der Waals surface area contributed by atoms with Crippen molar-refractivity contribution >= 4 is 21.6 Å². The summed E-state index contributed by atoms with van der Waals surface area (Å²) >= 11 is 0. The Morgan fingerprint density at radius 2 is 2.00 bits per heavy atom. The number of carbonyl (C=O) groups is 1. The van der Waals surface area contributed by atoms with Gasteiger partial charge in [0.25, 0.3) is 0 Å². The number of carbonyl (C=O) groups excluding carboxylic acids is 1. The molecule has 1 amide bonds. The highest BCUT2D eigenvalue weighted by molar-refractivity contribution is 7.89. The van der Waals surface area contributed by atoms with Crippen LogP contribution >= 0.6 is 0 Å². The van der Waals surface area contributed by atoms with Crippen molar-refractivity contribution in [2.75, 3.05) is 50.8 Å². The molecule has 1 fully saturated rings. The van der Waals surface area contributed by atoms with Crippen molar-refractivity contribution in [1.82, 2.24) is 9.62 Å². The van der Waals surface area contributed by atoms with Gasteiger partial charge in [-0.2, -0.15) is 0 Å². The van der Waals surface area contributed by atoms with Gasteiger partial charge in [-0.05, 0) is 30.2 Å². The number of sulfonamides is 1. The van der Waals surface area contributed by atoms with Crippen molar-refractivity contribution in [1.29, 1.82) is 0 Å². The molecule has 0 aromatic heterocycles. The Bertz CT molecular complexity index is 714. The van der Waals surface area contributed by atoms with Gasteiger partial charge in [0.15, 0.2) is 0 Å². The van der Waals surface area contributed by atoms with E-state index in [1.807, 2.05) is 0 Å². The monoisotopic (exact) mass is 353 g/mol. The molecule has 0 aliphatic carbocycles. The van der Waals surface area contributed by atoms with Crippen molar-refractivity contribution in [3.8, 4) is 0 Å². The highest BCUT2D eigenvalue weighted by Gasteiger charge is 2.24. The van der Waals surface area contributed by atoms with Crippen molar-refractivity contribution in [3.63, 3.8) is 0 Å². The molecule has 3 rings (SSSR count). The summed E-state index contributed by atoms with van der Waals surface area (Å²) in [7, 11) is -3.53. The molecule has 1 aromatic rings. The van der Waals surface area contributed by atoms with E-state index in [2.05, 4.69) is 9.62 Å². The standard InChI is InChI=1S/C16H23N3O4S/c1-13(20)19-6-4-14-12-15(2-3-16(14)19)24(21,22)17-5-7-18-8-10-23-11-9-18/h2-3,12,17H,4-11H2,1H3. The lowest BCUT2D eigenvalue weighted by Gasteiger charge is -2.26. The van der Waals surface area contributed by atoms with Crippen LogP contribution in [0.2, 0.25) is 0 Å². The molecular formula is C16H23N3O4S. The summed E-state index contributed by atoms with van der Waals surface area (Å²) in [6.07, 6.45) is 0.687. The minimum Gasteiger partial charge on any atom is -0.379 e. The van der Waals surface area contributed by atoms with E-state index >= 15 is 0 Å². The first-order chi connectivity index (χ1) is 11.5. The van der Waals surface area contributed by atoms with E-state index in [1.165, 1.54) is 6.92 Å². The lowest BCUT2D eigenvalue weighted by atomic mass is 10.2. The molecule has 0 atom stereocenters. The third-order valence-corrected chi connectivity index (χ3v) is 5.92. The average Bonchev–Trinajstić information content (AvgIpc) is 2.99. The molecule has 132 valence electrons. The van der Waals surface area contributed by atoms with E-state index in [9.17, 15) is 13.2 Å². The molecule has 2 heterocycles. The number of fused-ring (bicyclic) bond motifs is 1. The third-order valence-electron chi connectivity index (χ3n) is 4.46. The summed E-state index contributed by atoms with van der Waals surface area (Å²) in [6, 6.07) is 4.97. The molecular weight excluding hydrogens is 330 g/mol. The number of benzene rings is 1. The first-order valence-corrected chi connectivity index (χ1v) is 9.66. The summed E-state index contributed by atoms with van der Waals surface area (Å²) in [4.78, 5) is 15.7. The first-order valence-electron chi connectivity index (χ1n) is 8.18. The fraction of sp³-hybridized carbons (Fsp3) is 0.562. The summed E-state index contributed by atoms with van der Waals surface area (Å²) in [6.45, 7) is 6.24. The van der Waals surface area contributed by atoms with Gasteiger partial charge in [-0.1, -0.05) is 0 Å². The number of hydrogen-bond donors (Lipinski definition) is 1. The Hall–Kier alpha value is -1.48. The first kappa shape index (κ1) is 17.3. The van der Waals surface area contributed by atoms with Gasteiger partial charge in [-0.15, -0.1) is 0 Å². The lowest BCUT2D eigenvalue weighted by molar-refractivity contribution is -0.116. The second kappa shape index (κ2) is 7.18. The van der Waals surface area contributed by atoms with Gasteiger partial charge in [0, 0.05) is 45.3 Å². The van der Waals surface area contributed by atoms with Crippen molar-refractivity contribution in [2.24, 2.45) is 0 Å². The molecule has 0 spiro atoms. The number of amides is 1. The van der Waals surface area contributed by atoms with Crippen molar-refractivity contribution < 1.29 is 17.9 Å². The summed E-state index contributed by atoms with van der Waals surface area (Å²) < 4.78 is 32.8. The predicted molar refractivity (Wildman–Crippen MR) is 90.6 cm³/mol. The maximum atomic E-state index is 12.5. The number of nitrogens with one attached hydrogen (secondary N) is 1. The quantitative estimate of drug-likeness (QED) is 0.818. The molecule has 2 aliphatic rings. The minimum absolute atomic E-state index is 0.0204. The van der Waals surface area contributed by atoms with Gasteiger partial charge in [0.1, 0.15) is 0 Å². The minimum atomic E-state index is -3.53. The number of hydrogen-bond acceptors (Lipinski definition) is 5. The topological polar surface area (TPSA) is 79.0 Å². The zero-order valence-electron chi connectivity index (χ0n) is 13.8. The molecule has 0 bridgehead atoms. The molecule has 0 unspecified atom stereocenters. The molecule has 1 aromatic carbocycles. The van der Waals surface area contributed by atoms with E-state index < -0.39 is 10.0 Å². The molecule has 2 aliphatic heterocycles. The molecule has 8 heteroatoms. The van der Waals surface area contributed by atoms with Crippen LogP contribution < -0.4 is 9.62 Å². The third kappa shape index (κ3) is 3.77. The molecule has 0 radical (unpaired) electrons. The van der Waals surface area contributed by atoms with Crippen LogP contribution in [0.3, 0.4) is 0 Å². The van der Waals surface area contributed by atoms with Crippen LogP contribution in [0.4, 0.5) is 5.69 Å². The maximum absolute atomic E-state index is 12.5. The fourth-order valence-electron chi connectivity index (χ4n) is 3.12. The fourth-order valence-corrected chi connectivity index (χ4v) is 4.19. The predicted octanol–water partition coefficient (Wildman–Crippen LogP) is 0.206. The molecule has 0 saturated carbocycles. The maximum Gasteiger partial charge on any atom is 0.240 e. The average molecular weight is 353 g/mol. The van der Waals surface area contributed by atoms with E-state index in [0.717, 1.165) is 24.3 Å². The van der Waals surface area contributed by atoms with Crippen LogP contribution in [-0.2, 0) is 26.0 Å². The summed E-state index contributed by atoms with van der Waals surface area (Å²) in [5, 5.41) is 0. The number of morpholine rings is 1. The Morgan fingerprint density at radius 3 is 2.71 bits per heavy atom. The smallest absolute Gasteiger partial charge is 0.240 e. The highest BCUT2D eigenvalue weighted by atomic mass is 32.2. The second-order valence-corrected chi connectivity index (χ2v) is 7.83. The van der Waals surface area contributed by atoms with Crippen molar-refractivity contribution in [3.05, 3.63) is 23.8 Å². The summed E-state index contributed by atoms with van der Waals surface area (Å²) in [5.74, 6) is -0.0204. The van der Waals surface area contributed by atoms with Crippen LogP contribution in [0, 0.1) is 0 Å². The number of anilines is 1.